The number of rotatable bonds is 6. The van der Waals surface area contributed by atoms with E-state index in [1.54, 1.807) is 12.1 Å². The molecule has 1 saturated heterocycles. The van der Waals surface area contributed by atoms with Crippen molar-refractivity contribution in [1.82, 2.24) is 20.5 Å². The van der Waals surface area contributed by atoms with Gasteiger partial charge < -0.3 is 20.5 Å². The number of hydrogen-bond donors (Lipinski definition) is 3. The Morgan fingerprint density at radius 1 is 1.25 bits per heavy atom. The molecule has 1 unspecified atom stereocenters. The summed E-state index contributed by atoms with van der Waals surface area (Å²) in [5.74, 6) is 1.14. The topological polar surface area (TPSA) is 72.5 Å². The van der Waals surface area contributed by atoms with E-state index in [2.05, 4.69) is 15.6 Å². The average Bonchev–Trinajstić information content (AvgIpc) is 3.41. The molecule has 176 valence electrons. The summed E-state index contributed by atoms with van der Waals surface area (Å²) in [7, 11) is 0. The van der Waals surface area contributed by atoms with Crippen molar-refractivity contribution >= 4 is 46.7 Å². The van der Waals surface area contributed by atoms with Gasteiger partial charge in [0.05, 0.1) is 0 Å². The van der Waals surface area contributed by atoms with Crippen LogP contribution in [0.25, 0.3) is 10.9 Å². The van der Waals surface area contributed by atoms with Crippen LogP contribution in [0.4, 0.5) is 4.39 Å². The maximum Gasteiger partial charge on any atom is 0.225 e. The molecule has 2 aromatic rings. The Morgan fingerprint density at radius 3 is 2.84 bits per heavy atom. The van der Waals surface area contributed by atoms with Gasteiger partial charge in [0.15, 0.2) is 5.96 Å². The quantitative estimate of drug-likeness (QED) is 0.284. The summed E-state index contributed by atoms with van der Waals surface area (Å²) < 4.78 is 13.6. The minimum Gasteiger partial charge on any atom is -0.361 e. The molecule has 2 heterocycles. The number of fused-ring (bicyclic) bond motifs is 1. The lowest BCUT2D eigenvalue weighted by Crippen LogP contribution is -2.45. The zero-order valence-corrected chi connectivity index (χ0v) is 21.2. The number of nitrogens with one attached hydrogen (secondary N) is 3. The van der Waals surface area contributed by atoms with E-state index in [0.29, 0.717) is 12.5 Å². The second kappa shape index (κ2) is 11.9. The number of benzene rings is 1. The van der Waals surface area contributed by atoms with Crippen LogP contribution >= 0.6 is 24.0 Å². The van der Waals surface area contributed by atoms with Gasteiger partial charge in [-0.2, -0.15) is 0 Å². The Balaban J connectivity index is 0.00000289. The van der Waals surface area contributed by atoms with E-state index in [4.69, 9.17) is 4.99 Å². The molecule has 3 N–H and O–H groups in total. The van der Waals surface area contributed by atoms with E-state index in [9.17, 15) is 9.18 Å². The largest absolute Gasteiger partial charge is 0.361 e. The Bertz CT molecular complexity index is 924. The molecule has 2 fully saturated rings. The SMILES string of the molecule is CCNC(=NCCc1c[nH]c2ccc(F)cc12)NC1CCN(C(=O)C2CCCCC2)C1.I. The van der Waals surface area contributed by atoms with Crippen LogP contribution in [0.2, 0.25) is 0 Å². The molecule has 1 amide bonds. The van der Waals surface area contributed by atoms with Crippen molar-refractivity contribution in [2.45, 2.75) is 57.9 Å². The van der Waals surface area contributed by atoms with E-state index in [1.807, 2.05) is 18.0 Å². The highest BCUT2D eigenvalue weighted by Crippen LogP contribution is 2.27. The first-order valence-electron chi connectivity index (χ1n) is 11.7. The van der Waals surface area contributed by atoms with Gasteiger partial charge in [-0.05, 0) is 56.4 Å². The third-order valence-corrected chi connectivity index (χ3v) is 6.52. The molecule has 1 aromatic heterocycles. The Morgan fingerprint density at radius 2 is 2.06 bits per heavy atom. The standard InChI is InChI=1S/C24H34FN5O.HI/c1-2-26-24(27-12-10-18-15-28-22-9-8-19(25)14-21(18)22)29-20-11-13-30(16-20)23(31)17-6-4-3-5-7-17;/h8-9,14-15,17,20,28H,2-7,10-13,16H2,1H3,(H2,26,27,29);1H. The number of aliphatic imine (C=N–C) groups is 1. The molecule has 0 spiro atoms. The predicted octanol–water partition coefficient (Wildman–Crippen LogP) is 4.20. The number of H-pyrrole nitrogens is 1. The van der Waals surface area contributed by atoms with Gasteiger partial charge in [-0.15, -0.1) is 24.0 Å². The van der Waals surface area contributed by atoms with E-state index in [0.717, 1.165) is 67.7 Å². The van der Waals surface area contributed by atoms with Crippen LogP contribution in [0.3, 0.4) is 0 Å². The number of aromatic amines is 1. The smallest absolute Gasteiger partial charge is 0.225 e. The number of likely N-dealkylation sites (tertiary alicyclic amines) is 1. The molecule has 1 atom stereocenters. The number of nitrogens with zero attached hydrogens (tertiary/aromatic N) is 2. The molecule has 1 aliphatic carbocycles. The number of aromatic nitrogens is 1. The first kappa shape index (κ1) is 24.8. The zero-order chi connectivity index (χ0) is 21.6. The van der Waals surface area contributed by atoms with Gasteiger partial charge in [-0.25, -0.2) is 4.39 Å². The molecule has 6 nitrogen and oxygen atoms in total. The van der Waals surface area contributed by atoms with Crippen LogP contribution in [-0.4, -0.2) is 54.0 Å². The minimum atomic E-state index is -0.222. The van der Waals surface area contributed by atoms with Crippen LogP contribution < -0.4 is 10.6 Å². The van der Waals surface area contributed by atoms with Crippen molar-refractivity contribution < 1.29 is 9.18 Å². The second-order valence-electron chi connectivity index (χ2n) is 8.76. The van der Waals surface area contributed by atoms with Gasteiger partial charge in [-0.3, -0.25) is 9.79 Å². The number of carbonyl (C=O) groups excluding carboxylic acids is 1. The maximum absolute atomic E-state index is 13.6. The molecule has 1 saturated carbocycles. The first-order valence-corrected chi connectivity index (χ1v) is 11.7. The van der Waals surface area contributed by atoms with Crippen LogP contribution in [-0.2, 0) is 11.2 Å². The lowest BCUT2D eigenvalue weighted by atomic mass is 9.88. The van der Waals surface area contributed by atoms with Crippen molar-refractivity contribution in [1.29, 1.82) is 0 Å². The molecule has 1 aliphatic heterocycles. The summed E-state index contributed by atoms with van der Waals surface area (Å²) >= 11 is 0. The number of guanidine groups is 1. The Hall–Kier alpha value is -1.84. The molecular formula is C24H35FIN5O. The summed E-state index contributed by atoms with van der Waals surface area (Å²) in [6, 6.07) is 5.04. The van der Waals surface area contributed by atoms with Gasteiger partial charge in [0.2, 0.25) is 5.91 Å². The van der Waals surface area contributed by atoms with E-state index in [1.165, 1.54) is 25.3 Å². The number of hydrogen-bond acceptors (Lipinski definition) is 2. The van der Waals surface area contributed by atoms with Gasteiger partial charge in [-0.1, -0.05) is 19.3 Å². The van der Waals surface area contributed by atoms with Crippen molar-refractivity contribution in [3.63, 3.8) is 0 Å². The van der Waals surface area contributed by atoms with Gasteiger partial charge in [0, 0.05) is 55.2 Å². The van der Waals surface area contributed by atoms with Crippen molar-refractivity contribution in [2.24, 2.45) is 10.9 Å². The third kappa shape index (κ3) is 6.14. The highest BCUT2D eigenvalue weighted by atomic mass is 127. The highest BCUT2D eigenvalue weighted by molar-refractivity contribution is 14.0. The van der Waals surface area contributed by atoms with Gasteiger partial charge in [0.1, 0.15) is 5.82 Å². The van der Waals surface area contributed by atoms with Crippen LogP contribution in [0.15, 0.2) is 29.4 Å². The molecule has 2 aliphatic rings. The second-order valence-corrected chi connectivity index (χ2v) is 8.76. The van der Waals surface area contributed by atoms with E-state index in [-0.39, 0.29) is 41.8 Å². The van der Waals surface area contributed by atoms with Crippen LogP contribution in [0, 0.1) is 11.7 Å². The fourth-order valence-electron chi connectivity index (χ4n) is 4.84. The van der Waals surface area contributed by atoms with Crippen molar-refractivity contribution in [3.05, 3.63) is 35.8 Å². The molecule has 32 heavy (non-hydrogen) atoms. The van der Waals surface area contributed by atoms with Crippen molar-refractivity contribution in [3.8, 4) is 0 Å². The molecule has 0 bridgehead atoms. The summed E-state index contributed by atoms with van der Waals surface area (Å²) in [6.07, 6.45) is 9.36. The lowest BCUT2D eigenvalue weighted by Gasteiger charge is -2.26. The van der Waals surface area contributed by atoms with Crippen LogP contribution in [0.1, 0.15) is 51.0 Å². The Kier molecular flexibility index (Phi) is 9.19. The first-order chi connectivity index (χ1) is 15.1. The van der Waals surface area contributed by atoms with Gasteiger partial charge in [0.25, 0.3) is 0 Å². The Labute approximate surface area is 206 Å². The maximum atomic E-state index is 13.6. The monoisotopic (exact) mass is 555 g/mol. The molecule has 8 heteroatoms. The average molecular weight is 555 g/mol. The summed E-state index contributed by atoms with van der Waals surface area (Å²) in [5.41, 5.74) is 2.01. The predicted molar refractivity (Wildman–Crippen MR) is 138 cm³/mol. The number of halogens is 2. The zero-order valence-electron chi connectivity index (χ0n) is 18.8. The normalized spacial score (nSPS) is 19.8. The minimum absolute atomic E-state index is 0. The van der Waals surface area contributed by atoms with Gasteiger partial charge >= 0.3 is 0 Å². The summed E-state index contributed by atoms with van der Waals surface area (Å²) in [5, 5.41) is 7.74. The van der Waals surface area contributed by atoms with E-state index >= 15 is 0 Å². The fraction of sp³-hybridized carbons (Fsp3) is 0.583. The third-order valence-electron chi connectivity index (χ3n) is 6.52. The summed E-state index contributed by atoms with van der Waals surface area (Å²) in [6.45, 7) is 5.01. The number of carbonyl (C=O) groups is 1. The molecule has 4 rings (SSSR count). The number of amides is 1. The van der Waals surface area contributed by atoms with E-state index < -0.39 is 0 Å². The molecular weight excluding hydrogens is 520 g/mol. The van der Waals surface area contributed by atoms with Crippen molar-refractivity contribution in [2.75, 3.05) is 26.2 Å². The highest BCUT2D eigenvalue weighted by Gasteiger charge is 2.31. The fourth-order valence-corrected chi connectivity index (χ4v) is 4.84. The molecule has 0 radical (unpaired) electrons. The lowest BCUT2D eigenvalue weighted by molar-refractivity contribution is -0.135. The summed E-state index contributed by atoms with van der Waals surface area (Å²) in [4.78, 5) is 22.8. The van der Waals surface area contributed by atoms with Crippen LogP contribution in [0.5, 0.6) is 0 Å². The molecule has 1 aromatic carbocycles.